The van der Waals surface area contributed by atoms with Gasteiger partial charge in [0.1, 0.15) is 11.7 Å². The van der Waals surface area contributed by atoms with Gasteiger partial charge < -0.3 is 15.0 Å². The van der Waals surface area contributed by atoms with E-state index in [4.69, 9.17) is 9.72 Å². The number of aryl methyl sites for hydroxylation is 1. The number of carbonyl (C=O) groups excluding carboxylic acids is 1. The molecular weight excluding hydrogens is 476 g/mol. The van der Waals surface area contributed by atoms with Crippen molar-refractivity contribution < 1.29 is 18.3 Å². The molecule has 1 aliphatic rings. The molecular formula is C28H31F2N5O2. The molecule has 1 aromatic heterocycles. The molecule has 0 radical (unpaired) electrons. The van der Waals surface area contributed by atoms with Crippen LogP contribution in [0.5, 0.6) is 0 Å². The number of benzene rings is 2. The number of fused-ring (bicyclic) bond motifs is 1. The molecule has 7 nitrogen and oxygen atoms in total. The lowest BCUT2D eigenvalue weighted by molar-refractivity contribution is -0.0221. The Morgan fingerprint density at radius 2 is 1.86 bits per heavy atom. The van der Waals surface area contributed by atoms with Crippen LogP contribution in [0.25, 0.3) is 11.0 Å². The summed E-state index contributed by atoms with van der Waals surface area (Å²) in [4.78, 5) is 23.9. The normalized spacial score (nSPS) is 16.2. The summed E-state index contributed by atoms with van der Waals surface area (Å²) in [6.45, 7) is 9.52. The average Bonchev–Trinajstić information content (AvgIpc) is 2.82. The van der Waals surface area contributed by atoms with Gasteiger partial charge in [-0.05, 0) is 58.4 Å². The summed E-state index contributed by atoms with van der Waals surface area (Å²) in [6, 6.07) is 12.7. The molecule has 0 saturated carbocycles. The number of alkyl halides is 2. The van der Waals surface area contributed by atoms with Crippen molar-refractivity contribution >= 4 is 28.5 Å². The van der Waals surface area contributed by atoms with Crippen LogP contribution in [0.1, 0.15) is 73.8 Å². The number of rotatable bonds is 5. The van der Waals surface area contributed by atoms with Crippen molar-refractivity contribution in [2.75, 3.05) is 23.3 Å². The Kier molecular flexibility index (Phi) is 7.05. The Bertz CT molecular complexity index is 1370. The molecule has 0 aliphatic carbocycles. The summed E-state index contributed by atoms with van der Waals surface area (Å²) in [5.74, 6) is -2.83. The minimum Gasteiger partial charge on any atom is -0.456 e. The summed E-state index contributed by atoms with van der Waals surface area (Å²) in [7, 11) is 0. The molecule has 9 heteroatoms. The number of ether oxygens (including phenoxy) is 1. The van der Waals surface area contributed by atoms with E-state index in [0.29, 0.717) is 28.1 Å². The van der Waals surface area contributed by atoms with E-state index in [9.17, 15) is 18.8 Å². The zero-order chi connectivity index (χ0) is 27.0. The number of nitrogens with one attached hydrogen (secondary N) is 1. The van der Waals surface area contributed by atoms with Gasteiger partial charge in [-0.3, -0.25) is 0 Å². The maximum Gasteiger partial charge on any atom is 0.340 e. The van der Waals surface area contributed by atoms with Crippen molar-refractivity contribution in [2.24, 2.45) is 0 Å². The van der Waals surface area contributed by atoms with Gasteiger partial charge in [-0.15, -0.1) is 0 Å². The van der Waals surface area contributed by atoms with Crippen molar-refractivity contribution in [2.45, 2.75) is 65.0 Å². The number of nitrogens with zero attached hydrogens (tertiary/aromatic N) is 4. The second-order valence-corrected chi connectivity index (χ2v) is 10.5. The number of piperidine rings is 1. The Labute approximate surface area is 215 Å². The number of hydrogen-bond acceptors (Lipinski definition) is 7. The molecule has 0 amide bonds. The minimum absolute atomic E-state index is 0.0973. The number of anilines is 2. The quantitative estimate of drug-likeness (QED) is 0.413. The maximum atomic E-state index is 13.8. The smallest absolute Gasteiger partial charge is 0.340 e. The summed E-state index contributed by atoms with van der Waals surface area (Å²) in [5, 5.41) is 13.1. The molecule has 0 spiro atoms. The zero-order valence-electron chi connectivity index (χ0n) is 21.7. The van der Waals surface area contributed by atoms with Gasteiger partial charge in [0.25, 0.3) is 5.92 Å². The molecule has 1 fully saturated rings. The topological polar surface area (TPSA) is 91.1 Å². The highest BCUT2D eigenvalue weighted by Gasteiger charge is 2.35. The van der Waals surface area contributed by atoms with Gasteiger partial charge in [0, 0.05) is 37.2 Å². The third-order valence-corrected chi connectivity index (χ3v) is 6.21. The van der Waals surface area contributed by atoms with E-state index < -0.39 is 17.5 Å². The fourth-order valence-corrected chi connectivity index (χ4v) is 4.43. The number of nitriles is 1. The van der Waals surface area contributed by atoms with Crippen LogP contribution in [0.15, 0.2) is 36.4 Å². The van der Waals surface area contributed by atoms with Gasteiger partial charge in [-0.1, -0.05) is 18.2 Å². The van der Waals surface area contributed by atoms with Crippen molar-refractivity contribution in [3.8, 4) is 6.07 Å². The second-order valence-electron chi connectivity index (χ2n) is 10.5. The summed E-state index contributed by atoms with van der Waals surface area (Å²) < 4.78 is 33.1. The zero-order valence-corrected chi connectivity index (χ0v) is 21.7. The molecule has 194 valence electrons. The van der Waals surface area contributed by atoms with Crippen molar-refractivity contribution in [1.82, 2.24) is 9.97 Å². The number of esters is 1. The first-order valence-electron chi connectivity index (χ1n) is 12.3. The molecule has 37 heavy (non-hydrogen) atoms. The maximum absolute atomic E-state index is 13.8. The Balaban J connectivity index is 1.72. The van der Waals surface area contributed by atoms with Crippen molar-refractivity contribution in [1.29, 1.82) is 5.26 Å². The van der Waals surface area contributed by atoms with Crippen LogP contribution in [0.3, 0.4) is 0 Å². The molecule has 2 heterocycles. The highest BCUT2D eigenvalue weighted by Crippen LogP contribution is 2.34. The highest BCUT2D eigenvalue weighted by atomic mass is 19.3. The molecule has 2 aromatic carbocycles. The Hall–Kier alpha value is -3.80. The molecule has 0 bridgehead atoms. The summed E-state index contributed by atoms with van der Waals surface area (Å²) >= 11 is 0. The number of halogens is 2. The number of carbonyl (C=O) groups is 1. The van der Waals surface area contributed by atoms with Crippen molar-refractivity contribution in [3.63, 3.8) is 0 Å². The van der Waals surface area contributed by atoms with Gasteiger partial charge in [0.2, 0.25) is 0 Å². The molecule has 0 unspecified atom stereocenters. The summed E-state index contributed by atoms with van der Waals surface area (Å²) in [6.07, 6.45) is -0.588. The van der Waals surface area contributed by atoms with E-state index in [2.05, 4.69) is 16.4 Å². The molecule has 1 aliphatic heterocycles. The standard InChI is InChI=1S/C28H31F2N5O2/c1-17-14-20(18(2)32-21-9-7-6-8-19(21)26(36)37-27(3,4)5)24-22(15-17)33-23(16-31)25(34-24)35-12-10-28(29,30)11-13-35/h6-9,14-15,18,32H,10-13H2,1-5H3/t18-/m0/s1. The van der Waals surface area contributed by atoms with Gasteiger partial charge >= 0.3 is 5.97 Å². The van der Waals surface area contributed by atoms with E-state index in [1.807, 2.05) is 58.9 Å². The fraction of sp³-hybridized carbons (Fsp3) is 0.429. The SMILES string of the molecule is Cc1cc([C@H](C)Nc2ccccc2C(=O)OC(C)(C)C)c2nc(N3CCC(F)(F)CC3)c(C#N)nc2c1. The van der Waals surface area contributed by atoms with Crippen LogP contribution in [-0.2, 0) is 4.74 Å². The number of aromatic nitrogens is 2. The van der Waals surface area contributed by atoms with E-state index in [1.54, 1.807) is 17.0 Å². The lowest BCUT2D eigenvalue weighted by atomic mass is 10.0. The lowest BCUT2D eigenvalue weighted by Crippen LogP contribution is -2.40. The second kappa shape index (κ2) is 9.92. The molecule has 1 saturated heterocycles. The average molecular weight is 508 g/mol. The van der Waals surface area contributed by atoms with Crippen LogP contribution < -0.4 is 10.2 Å². The first-order valence-corrected chi connectivity index (χ1v) is 12.3. The van der Waals surface area contributed by atoms with Crippen LogP contribution in [-0.4, -0.2) is 40.6 Å². The minimum atomic E-state index is -2.71. The molecule has 1 N–H and O–H groups in total. The van der Waals surface area contributed by atoms with Crippen LogP contribution >= 0.6 is 0 Å². The first kappa shape index (κ1) is 26.3. The van der Waals surface area contributed by atoms with E-state index in [-0.39, 0.29) is 37.7 Å². The van der Waals surface area contributed by atoms with Crippen molar-refractivity contribution in [3.05, 3.63) is 58.8 Å². The molecule has 3 aromatic rings. The first-order chi connectivity index (χ1) is 17.4. The van der Waals surface area contributed by atoms with Crippen LogP contribution in [0, 0.1) is 18.3 Å². The Morgan fingerprint density at radius 3 is 2.51 bits per heavy atom. The Morgan fingerprint density at radius 1 is 1.19 bits per heavy atom. The van der Waals surface area contributed by atoms with Crippen LogP contribution in [0.2, 0.25) is 0 Å². The van der Waals surface area contributed by atoms with Crippen LogP contribution in [0.4, 0.5) is 20.3 Å². The predicted molar refractivity (Wildman–Crippen MR) is 139 cm³/mol. The van der Waals surface area contributed by atoms with E-state index >= 15 is 0 Å². The largest absolute Gasteiger partial charge is 0.456 e. The number of hydrogen-bond donors (Lipinski definition) is 1. The highest BCUT2D eigenvalue weighted by molar-refractivity contribution is 5.96. The fourth-order valence-electron chi connectivity index (χ4n) is 4.43. The van der Waals surface area contributed by atoms with E-state index in [0.717, 1.165) is 11.1 Å². The van der Waals surface area contributed by atoms with Gasteiger partial charge in [-0.25, -0.2) is 23.5 Å². The monoisotopic (exact) mass is 507 g/mol. The van der Waals surface area contributed by atoms with Gasteiger partial charge in [0.05, 0.1) is 22.6 Å². The third-order valence-electron chi connectivity index (χ3n) is 6.21. The molecule has 1 atom stereocenters. The third kappa shape index (κ3) is 5.96. The summed E-state index contributed by atoms with van der Waals surface area (Å²) in [5.41, 5.74) is 3.37. The molecule has 4 rings (SSSR count). The number of para-hydroxylation sites is 1. The van der Waals surface area contributed by atoms with Gasteiger partial charge in [-0.2, -0.15) is 5.26 Å². The van der Waals surface area contributed by atoms with E-state index in [1.165, 1.54) is 0 Å². The van der Waals surface area contributed by atoms with Gasteiger partial charge in [0.15, 0.2) is 11.5 Å². The predicted octanol–water partition coefficient (Wildman–Crippen LogP) is 6.17. The lowest BCUT2D eigenvalue weighted by Gasteiger charge is -2.33.